The average molecular weight is 250 g/mol. The maximum absolute atomic E-state index is 5.96. The van der Waals surface area contributed by atoms with Crippen LogP contribution in [0.4, 0.5) is 0 Å². The van der Waals surface area contributed by atoms with Crippen molar-refractivity contribution in [2.45, 2.75) is 65.1 Å². The molecule has 18 heavy (non-hydrogen) atoms. The van der Waals surface area contributed by atoms with Crippen LogP contribution in [0.25, 0.3) is 0 Å². The molecule has 1 atom stereocenters. The highest BCUT2D eigenvalue weighted by molar-refractivity contribution is 6.60. The molecule has 3 nitrogen and oxygen atoms in total. The first-order valence-electron chi connectivity index (χ1n) is 6.71. The number of hydrogen-bond donors (Lipinski definition) is 0. The van der Waals surface area contributed by atoms with Gasteiger partial charge in [-0.1, -0.05) is 13.8 Å². The van der Waals surface area contributed by atoms with Crippen LogP contribution in [-0.4, -0.2) is 18.3 Å². The molecule has 0 N–H and O–H groups in total. The summed E-state index contributed by atoms with van der Waals surface area (Å²) in [5.74, 6) is 0.505. The molecule has 0 radical (unpaired) electrons. The van der Waals surface area contributed by atoms with Gasteiger partial charge in [0, 0.05) is 0 Å². The van der Waals surface area contributed by atoms with E-state index in [1.54, 1.807) is 0 Å². The Labute approximate surface area is 110 Å². The molecule has 1 unspecified atom stereocenters. The lowest BCUT2D eigenvalue weighted by Gasteiger charge is -2.32. The van der Waals surface area contributed by atoms with Gasteiger partial charge < -0.3 is 13.7 Å². The zero-order valence-corrected chi connectivity index (χ0v) is 12.2. The van der Waals surface area contributed by atoms with E-state index in [4.69, 9.17) is 13.7 Å². The number of hydrogen-bond acceptors (Lipinski definition) is 3. The molecule has 0 amide bonds. The smallest absolute Gasteiger partial charge is 0.473 e. The lowest BCUT2D eigenvalue weighted by molar-refractivity contribution is 0.00578. The van der Waals surface area contributed by atoms with E-state index < -0.39 is 7.12 Å². The summed E-state index contributed by atoms with van der Waals surface area (Å²) in [4.78, 5) is 0. The second-order valence-electron chi connectivity index (χ2n) is 6.18. The van der Waals surface area contributed by atoms with Crippen LogP contribution >= 0.6 is 0 Å². The van der Waals surface area contributed by atoms with E-state index in [1.807, 2.05) is 34.0 Å². The quantitative estimate of drug-likeness (QED) is 0.772. The maximum atomic E-state index is 5.96. The summed E-state index contributed by atoms with van der Waals surface area (Å²) in [5, 5.41) is 0. The lowest BCUT2D eigenvalue weighted by Crippen LogP contribution is -2.41. The topological polar surface area (TPSA) is 31.6 Å². The third-order valence-electron chi connectivity index (χ3n) is 4.31. The summed E-state index contributed by atoms with van der Waals surface area (Å²) in [6.45, 7) is 12.6. The molecule has 0 aromatic carbocycles. The number of furan rings is 1. The van der Waals surface area contributed by atoms with E-state index in [1.165, 1.54) is 5.56 Å². The Hall–Kier alpha value is -0.735. The van der Waals surface area contributed by atoms with Crippen LogP contribution in [0, 0.1) is 0 Å². The first-order valence-corrected chi connectivity index (χ1v) is 6.71. The second kappa shape index (κ2) is 4.43. The van der Waals surface area contributed by atoms with Gasteiger partial charge in [0.2, 0.25) is 0 Å². The Morgan fingerprint density at radius 3 is 2.22 bits per heavy atom. The maximum Gasteiger partial charge on any atom is 0.532 e. The summed E-state index contributed by atoms with van der Waals surface area (Å²) < 4.78 is 17.5. The lowest BCUT2D eigenvalue weighted by atomic mass is 9.85. The van der Waals surface area contributed by atoms with E-state index in [2.05, 4.69) is 19.9 Å². The Morgan fingerprint density at radius 1 is 1.17 bits per heavy atom. The molecule has 1 aromatic rings. The van der Waals surface area contributed by atoms with E-state index in [-0.39, 0.29) is 11.2 Å². The van der Waals surface area contributed by atoms with Gasteiger partial charge in [-0.2, -0.15) is 0 Å². The molecule has 1 aliphatic rings. The van der Waals surface area contributed by atoms with Crippen molar-refractivity contribution in [3.05, 3.63) is 17.9 Å². The van der Waals surface area contributed by atoms with Crippen LogP contribution in [0.5, 0.6) is 0 Å². The van der Waals surface area contributed by atoms with Crippen LogP contribution in [0.2, 0.25) is 0 Å². The molecule has 0 bridgehead atoms. The Balaban J connectivity index is 2.17. The van der Waals surface area contributed by atoms with Crippen LogP contribution in [-0.2, 0) is 9.31 Å². The van der Waals surface area contributed by atoms with E-state index in [0.717, 1.165) is 12.1 Å². The van der Waals surface area contributed by atoms with Crippen molar-refractivity contribution in [3.8, 4) is 0 Å². The SMILES string of the molecule is CCC(C)c1coc(B2OC(C)(C)C(C)(C)O2)c1. The molecular formula is C14H23BO3. The molecule has 100 valence electrons. The van der Waals surface area contributed by atoms with Crippen LogP contribution in [0.3, 0.4) is 0 Å². The molecule has 2 heterocycles. The minimum absolute atomic E-state index is 0.318. The largest absolute Gasteiger partial charge is 0.532 e. The van der Waals surface area contributed by atoms with Crippen molar-refractivity contribution in [1.29, 1.82) is 0 Å². The molecular weight excluding hydrogens is 227 g/mol. The Morgan fingerprint density at radius 2 is 1.72 bits per heavy atom. The van der Waals surface area contributed by atoms with E-state index in [0.29, 0.717) is 5.92 Å². The third kappa shape index (κ3) is 2.24. The van der Waals surface area contributed by atoms with E-state index in [9.17, 15) is 0 Å². The monoisotopic (exact) mass is 250 g/mol. The van der Waals surface area contributed by atoms with Gasteiger partial charge in [-0.3, -0.25) is 0 Å². The van der Waals surface area contributed by atoms with Crippen LogP contribution in [0.1, 0.15) is 59.4 Å². The second-order valence-corrected chi connectivity index (χ2v) is 6.18. The molecule has 2 rings (SSSR count). The van der Waals surface area contributed by atoms with Crippen molar-refractivity contribution < 1.29 is 13.7 Å². The summed E-state index contributed by atoms with van der Waals surface area (Å²) in [6, 6.07) is 2.05. The molecule has 1 aliphatic heterocycles. The highest BCUT2D eigenvalue weighted by atomic mass is 16.7. The van der Waals surface area contributed by atoms with Gasteiger partial charge in [0.05, 0.1) is 17.5 Å². The summed E-state index contributed by atoms with van der Waals surface area (Å²) >= 11 is 0. The minimum Gasteiger partial charge on any atom is -0.473 e. The van der Waals surface area contributed by atoms with Gasteiger partial charge >= 0.3 is 7.12 Å². The van der Waals surface area contributed by atoms with Crippen molar-refractivity contribution in [1.82, 2.24) is 0 Å². The van der Waals surface area contributed by atoms with Crippen LogP contribution < -0.4 is 5.66 Å². The normalized spacial score (nSPS) is 23.3. The highest BCUT2D eigenvalue weighted by Crippen LogP contribution is 2.36. The van der Waals surface area contributed by atoms with Gasteiger partial charge in [-0.25, -0.2) is 0 Å². The predicted octanol–water partition coefficient (Wildman–Crippen LogP) is 3.09. The summed E-state index contributed by atoms with van der Waals surface area (Å²) in [5.41, 5.74) is 1.34. The Bertz CT molecular complexity index is 406. The average Bonchev–Trinajstić information content (AvgIpc) is 2.82. The molecule has 1 saturated heterocycles. The predicted molar refractivity (Wildman–Crippen MR) is 73.1 cm³/mol. The fourth-order valence-electron chi connectivity index (χ4n) is 1.95. The van der Waals surface area contributed by atoms with Crippen molar-refractivity contribution in [2.24, 2.45) is 0 Å². The summed E-state index contributed by atoms with van der Waals surface area (Å²) in [7, 11) is -0.396. The number of rotatable bonds is 3. The van der Waals surface area contributed by atoms with Gasteiger partial charge in [0.25, 0.3) is 0 Å². The molecule has 0 spiro atoms. The molecule has 1 aromatic heterocycles. The Kier molecular flexibility index (Phi) is 3.37. The molecule has 4 heteroatoms. The zero-order valence-electron chi connectivity index (χ0n) is 12.2. The molecule has 0 aliphatic carbocycles. The first-order chi connectivity index (χ1) is 8.27. The third-order valence-corrected chi connectivity index (χ3v) is 4.31. The van der Waals surface area contributed by atoms with Gasteiger partial charge in [-0.15, -0.1) is 0 Å². The van der Waals surface area contributed by atoms with Crippen molar-refractivity contribution >= 4 is 12.8 Å². The zero-order chi connectivity index (χ0) is 13.6. The first kappa shape index (κ1) is 13.7. The molecule has 0 saturated carbocycles. The van der Waals surface area contributed by atoms with Crippen LogP contribution in [0.15, 0.2) is 16.7 Å². The minimum atomic E-state index is -0.396. The van der Waals surface area contributed by atoms with E-state index >= 15 is 0 Å². The standard InChI is InChI=1S/C14H23BO3/c1-7-10(2)11-8-12(16-9-11)15-17-13(3,4)14(5,6)18-15/h8-10H,7H2,1-6H3. The van der Waals surface area contributed by atoms with Crippen molar-refractivity contribution in [3.63, 3.8) is 0 Å². The fourth-order valence-corrected chi connectivity index (χ4v) is 1.95. The van der Waals surface area contributed by atoms with Gasteiger partial charge in [0.1, 0.15) is 5.66 Å². The highest BCUT2D eigenvalue weighted by Gasteiger charge is 2.53. The molecule has 1 fully saturated rings. The van der Waals surface area contributed by atoms with Gasteiger partial charge in [-0.05, 0) is 51.7 Å². The fraction of sp³-hybridized carbons (Fsp3) is 0.714. The summed E-state index contributed by atoms with van der Waals surface area (Å²) in [6.07, 6.45) is 2.91. The van der Waals surface area contributed by atoms with Gasteiger partial charge in [0.15, 0.2) is 0 Å². The van der Waals surface area contributed by atoms with Crippen molar-refractivity contribution in [2.75, 3.05) is 0 Å².